The summed E-state index contributed by atoms with van der Waals surface area (Å²) in [7, 11) is 0. The minimum Gasteiger partial charge on any atom is -0.478 e. The van der Waals surface area contributed by atoms with Gasteiger partial charge in [-0.05, 0) is 68.3 Å². The van der Waals surface area contributed by atoms with Gasteiger partial charge in [-0.15, -0.1) is 0 Å². The first-order chi connectivity index (χ1) is 16.7. The van der Waals surface area contributed by atoms with E-state index in [0.717, 1.165) is 64.0 Å². The molecule has 3 heterocycles. The number of carbonyl (C=O) groups excluding carboxylic acids is 1. The molecule has 0 atom stereocenters. The Morgan fingerprint density at radius 2 is 1.94 bits per heavy atom. The molecule has 2 aliphatic carbocycles. The van der Waals surface area contributed by atoms with Crippen LogP contribution in [0.3, 0.4) is 0 Å². The third-order valence-corrected chi connectivity index (χ3v) is 6.92. The second kappa shape index (κ2) is 10.9. The second-order valence-electron chi connectivity index (χ2n) is 9.34. The Hall–Kier alpha value is -3.12. The first-order valence-corrected chi connectivity index (χ1v) is 12.6. The second-order valence-corrected chi connectivity index (χ2v) is 9.34. The average Bonchev–Trinajstić information content (AvgIpc) is 3.29. The predicted octanol–water partition coefficient (Wildman–Crippen LogP) is 4.40. The molecule has 0 saturated carbocycles. The number of fused-ring (bicyclic) bond motifs is 3. The number of anilines is 1. The number of rotatable bonds is 7. The molecule has 2 aliphatic heterocycles. The Kier molecular flexibility index (Phi) is 7.25. The van der Waals surface area contributed by atoms with Crippen LogP contribution in [0.4, 0.5) is 5.82 Å². The Bertz CT molecular complexity index is 1060. The van der Waals surface area contributed by atoms with Crippen LogP contribution >= 0.6 is 0 Å². The summed E-state index contributed by atoms with van der Waals surface area (Å²) in [6, 6.07) is 3.87. The highest BCUT2D eigenvalue weighted by molar-refractivity contribution is 5.99. The zero-order valence-corrected chi connectivity index (χ0v) is 19.8. The van der Waals surface area contributed by atoms with Gasteiger partial charge in [0.25, 0.3) is 0 Å². The molecule has 0 spiro atoms. The van der Waals surface area contributed by atoms with Gasteiger partial charge in [0.15, 0.2) is 0 Å². The Morgan fingerprint density at radius 1 is 1.06 bits per heavy atom. The van der Waals surface area contributed by atoms with E-state index in [1.165, 1.54) is 17.7 Å². The SMILES string of the molecule is O=C1C=CCc2ccc(OCCCCN3CCN(C4=CCCC5=CC=CC=C4C5)CC3)nc2N1. The number of unbranched alkanes of at least 4 members (excludes halogenated alkanes) is 1. The summed E-state index contributed by atoms with van der Waals surface area (Å²) in [5.74, 6) is 1.05. The van der Waals surface area contributed by atoms with Crippen molar-refractivity contribution < 1.29 is 9.53 Å². The van der Waals surface area contributed by atoms with Crippen molar-refractivity contribution in [2.24, 2.45) is 0 Å². The number of piperazine rings is 1. The third kappa shape index (κ3) is 5.68. The number of aromatic nitrogens is 1. The number of amides is 1. The zero-order chi connectivity index (χ0) is 23.2. The van der Waals surface area contributed by atoms with Gasteiger partial charge in [0, 0.05) is 37.9 Å². The quantitative estimate of drug-likeness (QED) is 0.614. The molecule has 1 N–H and O–H groups in total. The minimum atomic E-state index is -0.136. The topological polar surface area (TPSA) is 57.7 Å². The normalized spacial score (nSPS) is 20.3. The zero-order valence-electron chi connectivity index (χ0n) is 19.8. The van der Waals surface area contributed by atoms with Crippen LogP contribution < -0.4 is 10.1 Å². The lowest BCUT2D eigenvalue weighted by atomic mass is 10.0. The molecule has 1 aromatic heterocycles. The van der Waals surface area contributed by atoms with E-state index in [2.05, 4.69) is 50.5 Å². The largest absolute Gasteiger partial charge is 0.478 e. The van der Waals surface area contributed by atoms with E-state index >= 15 is 0 Å². The maximum Gasteiger partial charge on any atom is 0.249 e. The Morgan fingerprint density at radius 3 is 2.85 bits per heavy atom. The van der Waals surface area contributed by atoms with Gasteiger partial charge in [0.2, 0.25) is 11.8 Å². The molecule has 1 saturated heterocycles. The fraction of sp³-hybridized carbons (Fsp3) is 0.429. The van der Waals surface area contributed by atoms with Crippen molar-refractivity contribution in [1.29, 1.82) is 0 Å². The molecule has 1 amide bonds. The molecule has 6 heteroatoms. The number of hydrogen-bond donors (Lipinski definition) is 1. The fourth-order valence-electron chi connectivity index (χ4n) is 5.03. The van der Waals surface area contributed by atoms with Crippen LogP contribution in [0, 0.1) is 0 Å². The maximum absolute atomic E-state index is 11.7. The van der Waals surface area contributed by atoms with Crippen molar-refractivity contribution in [3.63, 3.8) is 0 Å². The Balaban J connectivity index is 1.03. The number of carbonyl (C=O) groups is 1. The van der Waals surface area contributed by atoms with Gasteiger partial charge in [0.1, 0.15) is 5.82 Å². The highest BCUT2D eigenvalue weighted by Crippen LogP contribution is 2.31. The molecule has 6 nitrogen and oxygen atoms in total. The smallest absolute Gasteiger partial charge is 0.249 e. The molecular formula is C28H34N4O2. The molecule has 2 bridgehead atoms. The summed E-state index contributed by atoms with van der Waals surface area (Å²) >= 11 is 0. The van der Waals surface area contributed by atoms with E-state index in [0.29, 0.717) is 24.7 Å². The number of ether oxygens (including phenoxy) is 1. The van der Waals surface area contributed by atoms with Crippen molar-refractivity contribution >= 4 is 11.7 Å². The van der Waals surface area contributed by atoms with Crippen LogP contribution in [0.15, 0.2) is 71.5 Å². The van der Waals surface area contributed by atoms with E-state index < -0.39 is 0 Å². The molecule has 5 rings (SSSR count). The van der Waals surface area contributed by atoms with Gasteiger partial charge in [-0.2, -0.15) is 4.98 Å². The van der Waals surface area contributed by atoms with Crippen molar-refractivity contribution in [3.05, 3.63) is 77.1 Å². The number of nitrogens with one attached hydrogen (secondary N) is 1. The molecule has 0 unspecified atom stereocenters. The van der Waals surface area contributed by atoms with E-state index in [1.807, 2.05) is 18.2 Å². The van der Waals surface area contributed by atoms with Crippen molar-refractivity contribution in [1.82, 2.24) is 14.8 Å². The van der Waals surface area contributed by atoms with E-state index in [-0.39, 0.29) is 5.91 Å². The van der Waals surface area contributed by atoms with Crippen LogP contribution in [0.25, 0.3) is 0 Å². The number of pyridine rings is 1. The highest BCUT2D eigenvalue weighted by Gasteiger charge is 2.22. The summed E-state index contributed by atoms with van der Waals surface area (Å²) in [5, 5.41) is 2.81. The fourth-order valence-corrected chi connectivity index (χ4v) is 5.03. The maximum atomic E-state index is 11.7. The lowest BCUT2D eigenvalue weighted by molar-refractivity contribution is -0.111. The molecule has 34 heavy (non-hydrogen) atoms. The van der Waals surface area contributed by atoms with Crippen LogP contribution in [0.1, 0.15) is 37.7 Å². The number of allylic oxidation sites excluding steroid dienone is 8. The summed E-state index contributed by atoms with van der Waals surface area (Å²) in [6.45, 7) is 6.18. The molecular weight excluding hydrogens is 424 g/mol. The van der Waals surface area contributed by atoms with Crippen LogP contribution in [0.2, 0.25) is 0 Å². The standard InChI is InChI=1S/C28H34N4O2/c33-26-12-6-10-23-13-14-27(30-28(23)29-26)34-20-4-3-15-31-16-18-32(19-17-31)25-11-5-8-22-7-1-2-9-24(25)21-22/h1-2,6-7,9,11-14H,3-5,8,10,15-21H2,(H,29,30,33). The first-order valence-electron chi connectivity index (χ1n) is 12.6. The highest BCUT2D eigenvalue weighted by atomic mass is 16.5. The minimum absolute atomic E-state index is 0.136. The van der Waals surface area contributed by atoms with Gasteiger partial charge < -0.3 is 15.0 Å². The monoisotopic (exact) mass is 458 g/mol. The lowest BCUT2D eigenvalue weighted by Crippen LogP contribution is -2.46. The van der Waals surface area contributed by atoms with Gasteiger partial charge in [-0.1, -0.05) is 42.0 Å². The summed E-state index contributed by atoms with van der Waals surface area (Å²) in [4.78, 5) is 21.3. The van der Waals surface area contributed by atoms with Crippen LogP contribution in [0.5, 0.6) is 5.88 Å². The summed E-state index contributed by atoms with van der Waals surface area (Å²) < 4.78 is 5.86. The predicted molar refractivity (Wildman–Crippen MR) is 136 cm³/mol. The van der Waals surface area contributed by atoms with Crippen LogP contribution in [-0.4, -0.2) is 60.0 Å². The molecule has 178 valence electrons. The van der Waals surface area contributed by atoms with Gasteiger partial charge >= 0.3 is 0 Å². The third-order valence-electron chi connectivity index (χ3n) is 6.92. The van der Waals surface area contributed by atoms with Gasteiger partial charge in [-0.3, -0.25) is 9.69 Å². The lowest BCUT2D eigenvalue weighted by Gasteiger charge is -2.38. The molecule has 1 fully saturated rings. The molecule has 0 radical (unpaired) electrons. The number of nitrogens with zero attached hydrogens (tertiary/aromatic N) is 3. The van der Waals surface area contributed by atoms with E-state index in [4.69, 9.17) is 4.74 Å². The van der Waals surface area contributed by atoms with E-state index in [1.54, 1.807) is 11.6 Å². The van der Waals surface area contributed by atoms with Crippen molar-refractivity contribution in [3.8, 4) is 5.88 Å². The van der Waals surface area contributed by atoms with Crippen molar-refractivity contribution in [2.45, 2.75) is 38.5 Å². The van der Waals surface area contributed by atoms with Crippen LogP contribution in [-0.2, 0) is 11.2 Å². The van der Waals surface area contributed by atoms with Gasteiger partial charge in [-0.25, -0.2) is 0 Å². The number of hydrogen-bond acceptors (Lipinski definition) is 5. The average molecular weight is 459 g/mol. The molecule has 0 aromatic carbocycles. The van der Waals surface area contributed by atoms with Crippen molar-refractivity contribution in [2.75, 3.05) is 44.6 Å². The summed E-state index contributed by atoms with van der Waals surface area (Å²) in [5.41, 5.74) is 5.50. The molecule has 1 aromatic rings. The molecule has 4 aliphatic rings. The van der Waals surface area contributed by atoms with Gasteiger partial charge in [0.05, 0.1) is 6.61 Å². The summed E-state index contributed by atoms with van der Waals surface area (Å²) in [6.07, 6.45) is 21.1. The first kappa shape index (κ1) is 22.7. The Labute approximate surface area is 202 Å². The van der Waals surface area contributed by atoms with E-state index in [9.17, 15) is 4.79 Å².